The average Bonchev–Trinajstić information content (AvgIpc) is 3.57. The number of ether oxygens (including phenoxy) is 1. The van der Waals surface area contributed by atoms with E-state index in [1.807, 2.05) is 30.3 Å². The zero-order chi connectivity index (χ0) is 28.8. The first kappa shape index (κ1) is 28.9. The van der Waals surface area contributed by atoms with Gasteiger partial charge in [-0.15, -0.1) is 0 Å². The van der Waals surface area contributed by atoms with E-state index in [4.69, 9.17) is 4.74 Å². The fourth-order valence-corrected chi connectivity index (χ4v) is 5.39. The largest absolute Gasteiger partial charge is 0.416 e. The van der Waals surface area contributed by atoms with E-state index in [2.05, 4.69) is 0 Å². The first-order chi connectivity index (χ1) is 18.1. The van der Waals surface area contributed by atoms with Gasteiger partial charge < -0.3 is 14.5 Å². The number of hydrogen-bond donors (Lipinski definition) is 0. The number of benzene rings is 2. The van der Waals surface area contributed by atoms with Crippen LogP contribution in [0.5, 0.6) is 0 Å². The Bertz CT molecular complexity index is 1170. The molecule has 2 fully saturated rings. The van der Waals surface area contributed by atoms with Crippen molar-refractivity contribution in [1.82, 2.24) is 9.80 Å². The molecule has 11 heteroatoms. The molecule has 2 saturated heterocycles. The number of alkyl halides is 6. The van der Waals surface area contributed by atoms with Gasteiger partial charge in [0.2, 0.25) is 5.91 Å². The highest BCUT2D eigenvalue weighted by atomic mass is 19.4. The molecule has 0 radical (unpaired) electrons. The summed E-state index contributed by atoms with van der Waals surface area (Å²) in [6, 6.07) is 9.88. The molecule has 2 heterocycles. The number of hydrogen-bond acceptors (Lipinski definition) is 3. The number of halogens is 6. The number of nitrogens with zero attached hydrogens (tertiary/aromatic N) is 2. The van der Waals surface area contributed by atoms with Crippen LogP contribution < -0.4 is 0 Å². The number of carbonyl (C=O) groups excluding carboxylic acids is 2. The van der Waals surface area contributed by atoms with Gasteiger partial charge in [0.25, 0.3) is 5.91 Å². The third-order valence-corrected chi connectivity index (χ3v) is 7.70. The molecule has 2 aliphatic rings. The van der Waals surface area contributed by atoms with Gasteiger partial charge >= 0.3 is 12.4 Å². The molecule has 0 spiro atoms. The van der Waals surface area contributed by atoms with E-state index in [9.17, 15) is 35.9 Å². The summed E-state index contributed by atoms with van der Waals surface area (Å²) in [5.41, 5.74) is -4.23. The smallest absolute Gasteiger partial charge is 0.368 e. The monoisotopic (exact) mass is 556 g/mol. The summed E-state index contributed by atoms with van der Waals surface area (Å²) in [5, 5.41) is 0. The van der Waals surface area contributed by atoms with Crippen LogP contribution in [0.2, 0.25) is 0 Å². The van der Waals surface area contributed by atoms with Crippen molar-refractivity contribution in [2.75, 3.05) is 26.7 Å². The van der Waals surface area contributed by atoms with Crippen LogP contribution in [-0.2, 0) is 32.1 Å². The van der Waals surface area contributed by atoms with Crippen LogP contribution in [0.4, 0.5) is 26.3 Å². The van der Waals surface area contributed by atoms with E-state index in [0.29, 0.717) is 31.7 Å². The highest BCUT2D eigenvalue weighted by Crippen LogP contribution is 2.40. The third kappa shape index (κ3) is 5.92. The Balaban J connectivity index is 1.68. The lowest BCUT2D eigenvalue weighted by Crippen LogP contribution is -2.49. The average molecular weight is 557 g/mol. The van der Waals surface area contributed by atoms with Crippen molar-refractivity contribution < 1.29 is 40.7 Å². The van der Waals surface area contributed by atoms with Crippen LogP contribution >= 0.6 is 0 Å². The number of likely N-dealkylation sites (tertiary alicyclic amines) is 1. The molecule has 4 rings (SSSR count). The molecule has 3 atom stereocenters. The van der Waals surface area contributed by atoms with E-state index in [0.717, 1.165) is 12.0 Å². The zero-order valence-electron chi connectivity index (χ0n) is 21.8. The quantitative estimate of drug-likeness (QED) is 0.449. The first-order valence-corrected chi connectivity index (χ1v) is 12.6. The third-order valence-electron chi connectivity index (χ3n) is 7.70. The Labute approximate surface area is 222 Å². The van der Waals surface area contributed by atoms with Gasteiger partial charge in [-0.2, -0.15) is 26.3 Å². The van der Waals surface area contributed by atoms with Crippen LogP contribution in [0.1, 0.15) is 54.9 Å². The Kier molecular flexibility index (Phi) is 7.77. The molecule has 39 heavy (non-hydrogen) atoms. The van der Waals surface area contributed by atoms with E-state index >= 15 is 0 Å². The Hall–Kier alpha value is -3.08. The van der Waals surface area contributed by atoms with Crippen molar-refractivity contribution in [1.29, 1.82) is 0 Å². The van der Waals surface area contributed by atoms with Crippen molar-refractivity contribution in [3.63, 3.8) is 0 Å². The van der Waals surface area contributed by atoms with Crippen molar-refractivity contribution >= 4 is 11.8 Å². The summed E-state index contributed by atoms with van der Waals surface area (Å²) in [6.07, 6.45) is -9.28. The van der Waals surface area contributed by atoms with Gasteiger partial charge in [0, 0.05) is 32.7 Å². The zero-order valence-corrected chi connectivity index (χ0v) is 21.8. The number of carbonyl (C=O) groups is 2. The molecule has 2 amide bonds. The molecule has 5 nitrogen and oxygen atoms in total. The second-order valence-electron chi connectivity index (χ2n) is 10.7. The van der Waals surface area contributed by atoms with Crippen molar-refractivity contribution in [3.05, 3.63) is 70.8 Å². The summed E-state index contributed by atoms with van der Waals surface area (Å²) in [7, 11) is 1.48. The minimum Gasteiger partial charge on any atom is -0.368 e. The maximum absolute atomic E-state index is 13.8. The fourth-order valence-electron chi connectivity index (χ4n) is 5.39. The van der Waals surface area contributed by atoms with E-state index in [1.165, 1.54) is 25.8 Å². The van der Waals surface area contributed by atoms with Crippen LogP contribution in [0.15, 0.2) is 48.5 Å². The Morgan fingerprint density at radius 1 is 0.897 bits per heavy atom. The topological polar surface area (TPSA) is 49.9 Å². The summed E-state index contributed by atoms with van der Waals surface area (Å²) >= 11 is 0. The minimum atomic E-state index is -5.03. The first-order valence-electron chi connectivity index (χ1n) is 12.6. The van der Waals surface area contributed by atoms with E-state index in [-0.39, 0.29) is 24.4 Å². The molecule has 0 bridgehead atoms. The summed E-state index contributed by atoms with van der Waals surface area (Å²) in [6.45, 7) is 3.56. The van der Waals surface area contributed by atoms with Gasteiger partial charge in [0.05, 0.1) is 22.6 Å². The molecule has 0 aromatic heterocycles. The second kappa shape index (κ2) is 10.5. The molecule has 0 aliphatic carbocycles. The van der Waals surface area contributed by atoms with Crippen LogP contribution in [0, 0.1) is 0 Å². The summed E-state index contributed by atoms with van der Waals surface area (Å²) in [4.78, 5) is 29.9. The van der Waals surface area contributed by atoms with Gasteiger partial charge in [-0.3, -0.25) is 9.59 Å². The normalized spacial score (nSPS) is 22.3. The fraction of sp³-hybridized carbons (Fsp3) is 0.500. The Morgan fingerprint density at radius 2 is 1.46 bits per heavy atom. The van der Waals surface area contributed by atoms with Crippen molar-refractivity contribution in [2.24, 2.45) is 0 Å². The predicted molar refractivity (Wildman–Crippen MR) is 131 cm³/mol. The van der Waals surface area contributed by atoms with Crippen LogP contribution in [-0.4, -0.2) is 60.5 Å². The lowest BCUT2D eigenvalue weighted by atomic mass is 9.80. The van der Waals surface area contributed by atoms with Crippen LogP contribution in [0.3, 0.4) is 0 Å². The molecule has 0 saturated carbocycles. The number of likely N-dealkylation sites (N-methyl/N-ethyl adjacent to an activating group) is 1. The highest BCUT2D eigenvalue weighted by Gasteiger charge is 2.46. The van der Waals surface area contributed by atoms with Gasteiger partial charge in [0.1, 0.15) is 6.10 Å². The molecule has 0 N–H and O–H groups in total. The van der Waals surface area contributed by atoms with Crippen molar-refractivity contribution in [2.45, 2.75) is 62.5 Å². The number of amides is 2. The second-order valence-corrected chi connectivity index (χ2v) is 10.7. The predicted octanol–water partition coefficient (Wildman–Crippen LogP) is 5.63. The standard InChI is InChI=1S/C28H30F6N2O3/c1-26(2,18-12-19(27(29,30)31)14-20(13-18)28(32,33)34)25(38)35(3)22-16-36(24(37)23-10-7-11-39-23)15-21(22)17-8-5-4-6-9-17/h4-6,8-9,12-14,21-23H,7,10-11,15-16H2,1-3H3/t21-,22+,23?/m0/s1. The van der Waals surface area contributed by atoms with Gasteiger partial charge in [-0.25, -0.2) is 0 Å². The number of rotatable bonds is 5. The molecule has 212 valence electrons. The van der Waals surface area contributed by atoms with Gasteiger partial charge in [-0.05, 0) is 56.0 Å². The lowest BCUT2D eigenvalue weighted by Gasteiger charge is -2.36. The molecule has 2 aromatic carbocycles. The van der Waals surface area contributed by atoms with Gasteiger partial charge in [0.15, 0.2) is 0 Å². The maximum atomic E-state index is 13.8. The van der Waals surface area contributed by atoms with Gasteiger partial charge in [-0.1, -0.05) is 30.3 Å². The molecular weight excluding hydrogens is 526 g/mol. The molecular formula is C28H30F6N2O3. The van der Waals surface area contributed by atoms with E-state index < -0.39 is 52.5 Å². The van der Waals surface area contributed by atoms with Crippen molar-refractivity contribution in [3.8, 4) is 0 Å². The SMILES string of the molecule is CN(C(=O)C(C)(C)c1cc(C(F)(F)F)cc(C(F)(F)F)c1)[C@@H]1CN(C(=O)C2CCCO2)C[C@H]1c1ccccc1. The lowest BCUT2D eigenvalue weighted by molar-refractivity contribution is -0.144. The van der Waals surface area contributed by atoms with Crippen LogP contribution in [0.25, 0.3) is 0 Å². The highest BCUT2D eigenvalue weighted by molar-refractivity contribution is 5.88. The van der Waals surface area contributed by atoms with E-state index in [1.54, 1.807) is 4.90 Å². The summed E-state index contributed by atoms with van der Waals surface area (Å²) in [5.74, 6) is -1.16. The molecule has 1 unspecified atom stereocenters. The Morgan fingerprint density at radius 3 is 1.97 bits per heavy atom. The molecule has 2 aliphatic heterocycles. The maximum Gasteiger partial charge on any atom is 0.416 e. The molecule has 2 aromatic rings. The minimum absolute atomic E-state index is 0.0464. The summed E-state index contributed by atoms with van der Waals surface area (Å²) < 4.78 is 86.6.